The van der Waals surface area contributed by atoms with E-state index < -0.39 is 29.4 Å². The lowest BCUT2D eigenvalue weighted by atomic mass is 9.66. The van der Waals surface area contributed by atoms with Crippen LogP contribution in [-0.4, -0.2) is 12.7 Å². The van der Waals surface area contributed by atoms with Gasteiger partial charge in [0.05, 0.1) is 0 Å². The van der Waals surface area contributed by atoms with Gasteiger partial charge in [-0.2, -0.15) is 0 Å². The SMILES string of the molecule is C=CC1CCC(C2CCC(C3CCC(C4=CCC(OCC)C(F)=C4F)CC3)C(F)=C2F)CC1. The molecule has 3 unspecified atom stereocenters. The largest absolute Gasteiger partial charge is 0.371 e. The van der Waals surface area contributed by atoms with E-state index in [1.165, 1.54) is 0 Å². The monoisotopic (exact) mass is 466 g/mol. The lowest BCUT2D eigenvalue weighted by Gasteiger charge is -2.40. The first kappa shape index (κ1) is 24.8. The molecule has 2 saturated carbocycles. The molecule has 4 aliphatic carbocycles. The van der Waals surface area contributed by atoms with Crippen molar-refractivity contribution in [1.82, 2.24) is 0 Å². The highest BCUT2D eigenvalue weighted by atomic mass is 19.2. The zero-order valence-corrected chi connectivity index (χ0v) is 19.8. The molecule has 3 atom stereocenters. The van der Waals surface area contributed by atoms with Crippen molar-refractivity contribution in [3.8, 4) is 0 Å². The standard InChI is InChI=1S/C28H38F4O/c1-3-17-5-7-18(8-6-17)21-13-14-22(26(30)25(21)29)19-9-11-20(12-10-19)23-15-16-24(33-4-2)28(32)27(23)31/h3,15,17-22,24H,1,4-14,16H2,2H3. The number of hydrogen-bond donors (Lipinski definition) is 0. The molecule has 184 valence electrons. The molecular weight excluding hydrogens is 428 g/mol. The van der Waals surface area contributed by atoms with Crippen molar-refractivity contribution >= 4 is 0 Å². The summed E-state index contributed by atoms with van der Waals surface area (Å²) in [5.74, 6) is -2.42. The third-order valence-electron chi connectivity index (χ3n) is 8.83. The molecule has 0 aromatic rings. The van der Waals surface area contributed by atoms with Crippen LogP contribution in [0.15, 0.2) is 47.6 Å². The summed E-state index contributed by atoms with van der Waals surface area (Å²) in [7, 11) is 0. The van der Waals surface area contributed by atoms with Crippen molar-refractivity contribution in [2.75, 3.05) is 6.61 Å². The van der Waals surface area contributed by atoms with E-state index in [0.29, 0.717) is 43.8 Å². The second-order valence-corrected chi connectivity index (χ2v) is 10.5. The first-order valence-corrected chi connectivity index (χ1v) is 13.0. The normalized spacial score (nSPS) is 38.3. The predicted octanol–water partition coefficient (Wildman–Crippen LogP) is 8.85. The average Bonchev–Trinajstić information content (AvgIpc) is 2.84. The molecule has 0 aromatic heterocycles. The maximum Gasteiger partial charge on any atom is 0.165 e. The molecule has 0 radical (unpaired) electrons. The lowest BCUT2D eigenvalue weighted by molar-refractivity contribution is 0.0690. The van der Waals surface area contributed by atoms with Gasteiger partial charge < -0.3 is 4.74 Å². The topological polar surface area (TPSA) is 9.23 Å². The molecule has 1 nitrogen and oxygen atoms in total. The van der Waals surface area contributed by atoms with Gasteiger partial charge in [0.1, 0.15) is 17.8 Å². The van der Waals surface area contributed by atoms with Crippen LogP contribution in [0.3, 0.4) is 0 Å². The van der Waals surface area contributed by atoms with Crippen molar-refractivity contribution in [3.05, 3.63) is 47.6 Å². The van der Waals surface area contributed by atoms with Crippen molar-refractivity contribution in [2.24, 2.45) is 35.5 Å². The smallest absolute Gasteiger partial charge is 0.165 e. The van der Waals surface area contributed by atoms with Crippen LogP contribution in [0, 0.1) is 35.5 Å². The quantitative estimate of drug-likeness (QED) is 0.281. The molecule has 0 spiro atoms. The van der Waals surface area contributed by atoms with Crippen LogP contribution in [0.25, 0.3) is 0 Å². The number of allylic oxidation sites excluding steroid dienone is 5. The summed E-state index contributed by atoms with van der Waals surface area (Å²) in [5, 5.41) is 0. The fourth-order valence-corrected chi connectivity index (χ4v) is 6.86. The minimum absolute atomic E-state index is 0.0529. The van der Waals surface area contributed by atoms with Gasteiger partial charge in [0.2, 0.25) is 0 Å². The molecule has 4 aliphatic rings. The molecule has 0 aromatic carbocycles. The molecular formula is C28H38F4O. The molecule has 0 N–H and O–H groups in total. The van der Waals surface area contributed by atoms with Gasteiger partial charge in [-0.05, 0) is 107 Å². The third kappa shape index (κ3) is 5.18. The van der Waals surface area contributed by atoms with Gasteiger partial charge in [0, 0.05) is 18.4 Å². The second kappa shape index (κ2) is 10.9. The fraction of sp³-hybridized carbons (Fsp3) is 0.714. The van der Waals surface area contributed by atoms with Gasteiger partial charge in [0.25, 0.3) is 0 Å². The molecule has 5 heteroatoms. The third-order valence-corrected chi connectivity index (χ3v) is 8.83. The maximum absolute atomic E-state index is 15.2. The highest BCUT2D eigenvalue weighted by molar-refractivity contribution is 5.35. The van der Waals surface area contributed by atoms with E-state index in [-0.39, 0.29) is 29.6 Å². The Hall–Kier alpha value is -1.36. The molecule has 2 fully saturated rings. The Morgan fingerprint density at radius 1 is 0.818 bits per heavy atom. The Bertz CT molecular complexity index is 797. The van der Waals surface area contributed by atoms with Crippen LogP contribution in [0.1, 0.15) is 77.6 Å². The van der Waals surface area contributed by atoms with Crippen LogP contribution in [0.4, 0.5) is 17.6 Å². The van der Waals surface area contributed by atoms with Crippen molar-refractivity contribution in [1.29, 1.82) is 0 Å². The summed E-state index contributed by atoms with van der Waals surface area (Å²) in [6, 6.07) is 0. The highest BCUT2D eigenvalue weighted by Gasteiger charge is 2.41. The molecule has 33 heavy (non-hydrogen) atoms. The van der Waals surface area contributed by atoms with Crippen molar-refractivity contribution in [3.63, 3.8) is 0 Å². The van der Waals surface area contributed by atoms with Crippen molar-refractivity contribution in [2.45, 2.75) is 83.7 Å². The second-order valence-electron chi connectivity index (χ2n) is 10.5. The van der Waals surface area contributed by atoms with E-state index in [1.54, 1.807) is 13.0 Å². The number of ether oxygens (including phenoxy) is 1. The van der Waals surface area contributed by atoms with Crippen LogP contribution in [0.5, 0.6) is 0 Å². The van der Waals surface area contributed by atoms with E-state index in [4.69, 9.17) is 4.74 Å². The lowest BCUT2D eigenvalue weighted by Crippen LogP contribution is -2.31. The number of halogens is 4. The van der Waals surface area contributed by atoms with E-state index in [0.717, 1.165) is 44.9 Å². The van der Waals surface area contributed by atoms with Crippen molar-refractivity contribution < 1.29 is 22.3 Å². The van der Waals surface area contributed by atoms with Crippen LogP contribution in [-0.2, 0) is 4.74 Å². The molecule has 0 bridgehead atoms. The summed E-state index contributed by atoms with van der Waals surface area (Å²) in [5.41, 5.74) is 0.447. The minimum atomic E-state index is -0.820. The van der Waals surface area contributed by atoms with Crippen LogP contribution < -0.4 is 0 Å². The summed E-state index contributed by atoms with van der Waals surface area (Å²) >= 11 is 0. The van der Waals surface area contributed by atoms with Gasteiger partial charge in [-0.1, -0.05) is 12.2 Å². The molecule has 4 rings (SSSR count). The minimum Gasteiger partial charge on any atom is -0.371 e. The van der Waals surface area contributed by atoms with Gasteiger partial charge in [-0.25, -0.2) is 17.6 Å². The number of hydrogen-bond acceptors (Lipinski definition) is 1. The molecule has 0 amide bonds. The predicted molar refractivity (Wildman–Crippen MR) is 124 cm³/mol. The van der Waals surface area contributed by atoms with Gasteiger partial charge in [0.15, 0.2) is 11.7 Å². The van der Waals surface area contributed by atoms with E-state index in [1.807, 2.05) is 6.08 Å². The maximum atomic E-state index is 15.2. The molecule has 0 saturated heterocycles. The van der Waals surface area contributed by atoms with Crippen LogP contribution >= 0.6 is 0 Å². The average molecular weight is 467 g/mol. The zero-order chi connectivity index (χ0) is 23.5. The first-order chi connectivity index (χ1) is 15.9. The summed E-state index contributed by atoms with van der Waals surface area (Å²) in [6.07, 6.45) is 11.5. The Labute approximate surface area is 196 Å². The summed E-state index contributed by atoms with van der Waals surface area (Å²) in [4.78, 5) is 0. The van der Waals surface area contributed by atoms with Gasteiger partial charge in [-0.15, -0.1) is 6.58 Å². The van der Waals surface area contributed by atoms with Gasteiger partial charge in [-0.3, -0.25) is 0 Å². The first-order valence-electron chi connectivity index (χ1n) is 13.0. The highest BCUT2D eigenvalue weighted by Crippen LogP contribution is 2.50. The van der Waals surface area contributed by atoms with E-state index >= 15 is 8.78 Å². The molecule has 0 aliphatic heterocycles. The van der Waals surface area contributed by atoms with E-state index in [2.05, 4.69) is 6.58 Å². The number of rotatable bonds is 6. The van der Waals surface area contributed by atoms with E-state index in [9.17, 15) is 8.78 Å². The van der Waals surface area contributed by atoms with Gasteiger partial charge >= 0.3 is 0 Å². The summed E-state index contributed by atoms with van der Waals surface area (Å²) in [6.45, 7) is 5.98. The molecule has 0 heterocycles. The Kier molecular flexibility index (Phi) is 8.19. The fourth-order valence-electron chi connectivity index (χ4n) is 6.86. The Morgan fingerprint density at radius 2 is 1.36 bits per heavy atom. The Morgan fingerprint density at radius 3 is 1.88 bits per heavy atom. The zero-order valence-electron chi connectivity index (χ0n) is 19.8. The Balaban J connectivity index is 1.35. The van der Waals surface area contributed by atoms with Crippen LogP contribution in [0.2, 0.25) is 0 Å². The summed E-state index contributed by atoms with van der Waals surface area (Å²) < 4.78 is 64.6.